The van der Waals surface area contributed by atoms with Crippen molar-refractivity contribution >= 4 is 46.3 Å². The van der Waals surface area contributed by atoms with Crippen LogP contribution >= 0.6 is 12.2 Å². The van der Waals surface area contributed by atoms with E-state index in [0.29, 0.717) is 15.9 Å². The van der Waals surface area contributed by atoms with Crippen molar-refractivity contribution in [1.82, 2.24) is 19.5 Å². The molecule has 0 spiro atoms. The number of nitrogen functional groups attached to an aromatic ring is 1. The van der Waals surface area contributed by atoms with Crippen LogP contribution in [0.5, 0.6) is 0 Å². The van der Waals surface area contributed by atoms with E-state index in [1.54, 1.807) is 4.57 Å². The first kappa shape index (κ1) is 26.9. The van der Waals surface area contributed by atoms with Gasteiger partial charge in [-0.2, -0.15) is 0 Å². The Bertz CT molecular complexity index is 1110. The van der Waals surface area contributed by atoms with Gasteiger partial charge in [-0.25, -0.2) is 9.97 Å². The molecule has 13 heteroatoms. The number of H-pyrrole nitrogens is 1. The molecule has 2 fully saturated rings. The Morgan fingerprint density at radius 1 is 1.06 bits per heavy atom. The fourth-order valence-electron chi connectivity index (χ4n) is 5.54. The molecule has 0 amide bonds. The molecule has 0 unspecified atom stereocenters. The minimum atomic E-state index is -2.89. The minimum absolute atomic E-state index is 0.142. The first-order valence-corrected chi connectivity index (χ1v) is 16.8. The average molecular weight is 542 g/mol. The summed E-state index contributed by atoms with van der Waals surface area (Å²) in [4.78, 5) is 11.4. The van der Waals surface area contributed by atoms with Gasteiger partial charge in [0.15, 0.2) is 22.5 Å². The van der Waals surface area contributed by atoms with Crippen molar-refractivity contribution < 1.29 is 22.8 Å². The van der Waals surface area contributed by atoms with Gasteiger partial charge in [-0.3, -0.25) is 4.57 Å². The molecule has 2 aliphatic rings. The Morgan fingerprint density at radius 3 is 2.23 bits per heavy atom. The molecule has 4 atom stereocenters. The predicted octanol–water partition coefficient (Wildman–Crippen LogP) is 4.29. The van der Waals surface area contributed by atoms with E-state index in [4.69, 9.17) is 35.7 Å². The summed E-state index contributed by atoms with van der Waals surface area (Å²) in [7, 11) is -5.60. The molecule has 4 N–H and O–H groups in total. The highest BCUT2D eigenvalue weighted by atomic mass is 32.1. The Morgan fingerprint density at radius 2 is 1.66 bits per heavy atom. The van der Waals surface area contributed by atoms with Crippen LogP contribution in [0.2, 0.25) is 22.2 Å². The minimum Gasteiger partial charge on any atom is -0.414 e. The second-order valence-electron chi connectivity index (χ2n) is 10.9. The number of aliphatic hydroxyl groups is 1. The van der Waals surface area contributed by atoms with Crippen LogP contribution in [-0.4, -0.2) is 66.7 Å². The number of imidazole rings is 1. The van der Waals surface area contributed by atoms with Crippen LogP contribution in [-0.2, 0) is 17.7 Å². The number of ether oxygens (including phenoxy) is 1. The third kappa shape index (κ3) is 4.23. The summed E-state index contributed by atoms with van der Waals surface area (Å²) in [6, 6.07) is 0. The number of aromatic nitrogens is 4. The highest BCUT2D eigenvalue weighted by molar-refractivity contribution is 7.71. The van der Waals surface area contributed by atoms with E-state index < -0.39 is 41.7 Å². The maximum absolute atomic E-state index is 11.6. The van der Waals surface area contributed by atoms with Crippen molar-refractivity contribution in [2.75, 3.05) is 12.3 Å². The van der Waals surface area contributed by atoms with Crippen molar-refractivity contribution in [3.05, 3.63) is 11.1 Å². The van der Waals surface area contributed by atoms with E-state index in [-0.39, 0.29) is 34.6 Å². The van der Waals surface area contributed by atoms with Gasteiger partial charge in [-0.15, -0.1) is 0 Å². The zero-order chi connectivity index (χ0) is 25.9. The fraction of sp³-hybridized carbons (Fsp3) is 0.773. The van der Waals surface area contributed by atoms with Gasteiger partial charge in [0.1, 0.15) is 30.2 Å². The second kappa shape index (κ2) is 9.60. The van der Waals surface area contributed by atoms with E-state index in [1.165, 1.54) is 6.33 Å². The molecule has 2 aromatic rings. The van der Waals surface area contributed by atoms with Crippen molar-refractivity contribution in [3.63, 3.8) is 0 Å². The molecule has 0 bridgehead atoms. The van der Waals surface area contributed by atoms with Crippen LogP contribution in [0.4, 0.5) is 5.82 Å². The van der Waals surface area contributed by atoms with Gasteiger partial charge in [-0.1, -0.05) is 55.4 Å². The molecule has 35 heavy (non-hydrogen) atoms. The molecular weight excluding hydrogens is 503 g/mol. The van der Waals surface area contributed by atoms with Gasteiger partial charge in [0.25, 0.3) is 0 Å². The number of rotatable bonds is 5. The molecule has 2 saturated heterocycles. The number of aromatic amines is 1. The quantitative estimate of drug-likeness (QED) is 0.375. The smallest absolute Gasteiger partial charge is 0.335 e. The van der Waals surface area contributed by atoms with E-state index >= 15 is 0 Å². The number of nitrogens with one attached hydrogen (secondary N) is 1. The summed E-state index contributed by atoms with van der Waals surface area (Å²) in [6.07, 6.45) is -1.57. The monoisotopic (exact) mass is 541 g/mol. The highest BCUT2D eigenvalue weighted by Gasteiger charge is 2.61. The van der Waals surface area contributed by atoms with Crippen LogP contribution in [0.25, 0.3) is 11.2 Å². The van der Waals surface area contributed by atoms with Crippen molar-refractivity contribution in [3.8, 4) is 0 Å². The standard InChI is InChI=1S/C22H39N5O5SSi2/c1-11(2)34(12(3)4)29-9-15-18(31-35(32-34,13(5)6)14(7)8)17(28)21(30-15)27-20-16(26-22(27)33)19(23)24-10-25-20/h10-15,17-18,21,28H,9H2,1-8H3,(H,26,33)(H2,23,24,25)/t15-,17-,18-,21-/m1/s1. The average Bonchev–Trinajstić information content (AvgIpc) is 3.24. The Hall–Kier alpha value is -1.20. The first-order chi connectivity index (χ1) is 16.4. The van der Waals surface area contributed by atoms with E-state index in [0.717, 1.165) is 0 Å². The first-order valence-electron chi connectivity index (χ1n) is 12.4. The van der Waals surface area contributed by atoms with Crippen LogP contribution in [0.3, 0.4) is 0 Å². The third-order valence-electron chi connectivity index (χ3n) is 7.43. The Labute approximate surface area is 214 Å². The summed E-state index contributed by atoms with van der Waals surface area (Å²) in [6.45, 7) is 17.6. The van der Waals surface area contributed by atoms with Crippen LogP contribution in [0.1, 0.15) is 61.6 Å². The number of nitrogens with zero attached hydrogens (tertiary/aromatic N) is 3. The van der Waals surface area contributed by atoms with Crippen molar-refractivity contribution in [2.24, 2.45) is 0 Å². The van der Waals surface area contributed by atoms with Crippen LogP contribution in [0.15, 0.2) is 6.33 Å². The molecule has 4 heterocycles. The summed E-state index contributed by atoms with van der Waals surface area (Å²) < 4.78 is 29.4. The van der Waals surface area contributed by atoms with E-state index in [1.807, 2.05) is 0 Å². The Balaban J connectivity index is 1.81. The second-order valence-corrected chi connectivity index (χ2v) is 20.1. The molecule has 10 nitrogen and oxygen atoms in total. The largest absolute Gasteiger partial charge is 0.414 e. The SMILES string of the molecule is CC(C)[Si]1(C(C)C)OC[C@H]2O[C@@H](n3c(=S)[nH]c4c(N)ncnc43)[C@H](O)[C@@H]2O[Si](C(C)C)(C(C)C)O1. The van der Waals surface area contributed by atoms with E-state index in [9.17, 15) is 5.11 Å². The molecule has 0 radical (unpaired) electrons. The fourth-order valence-corrected chi connectivity index (χ4v) is 17.0. The predicted molar refractivity (Wildman–Crippen MR) is 141 cm³/mol. The lowest BCUT2D eigenvalue weighted by atomic mass is 10.1. The molecular formula is C22H39N5O5SSi2. The summed E-state index contributed by atoms with van der Waals surface area (Å²) in [5.74, 6) is 0.280. The molecule has 0 aromatic carbocycles. The van der Waals surface area contributed by atoms with Gasteiger partial charge in [-0.05, 0) is 34.4 Å². The molecule has 2 aliphatic heterocycles. The third-order valence-corrected chi connectivity index (χ3v) is 18.0. The van der Waals surface area contributed by atoms with Crippen LogP contribution in [0, 0.1) is 4.77 Å². The molecule has 0 aliphatic carbocycles. The van der Waals surface area contributed by atoms with Crippen LogP contribution < -0.4 is 5.73 Å². The lowest BCUT2D eigenvalue weighted by Crippen LogP contribution is -2.65. The Kier molecular flexibility index (Phi) is 7.36. The summed E-state index contributed by atoms with van der Waals surface area (Å²) >= 11 is 5.57. The van der Waals surface area contributed by atoms with Gasteiger partial charge in [0.05, 0.1) is 6.61 Å². The number of nitrogens with two attached hydrogens (primary N) is 1. The number of anilines is 1. The van der Waals surface area contributed by atoms with Gasteiger partial charge in [0, 0.05) is 0 Å². The topological polar surface area (TPSA) is 130 Å². The number of fused-ring (bicyclic) bond motifs is 2. The number of aliphatic hydroxyl groups excluding tert-OH is 1. The van der Waals surface area contributed by atoms with Gasteiger partial charge < -0.3 is 33.5 Å². The summed E-state index contributed by atoms with van der Waals surface area (Å²) in [5.41, 5.74) is 7.73. The number of hydrogen-bond acceptors (Lipinski definition) is 9. The van der Waals surface area contributed by atoms with Gasteiger partial charge in [0.2, 0.25) is 0 Å². The maximum Gasteiger partial charge on any atom is 0.335 e. The molecule has 0 saturated carbocycles. The molecule has 4 rings (SSSR count). The highest BCUT2D eigenvalue weighted by Crippen LogP contribution is 2.48. The lowest BCUT2D eigenvalue weighted by Gasteiger charge is -2.51. The van der Waals surface area contributed by atoms with Crippen molar-refractivity contribution in [1.29, 1.82) is 0 Å². The lowest BCUT2D eigenvalue weighted by molar-refractivity contribution is -0.0574. The number of hydrogen-bond donors (Lipinski definition) is 3. The zero-order valence-corrected chi connectivity index (χ0v) is 24.6. The van der Waals surface area contributed by atoms with Gasteiger partial charge >= 0.3 is 17.1 Å². The summed E-state index contributed by atoms with van der Waals surface area (Å²) in [5, 5.41) is 11.6. The molecule has 2 aromatic heterocycles. The maximum atomic E-state index is 11.6. The van der Waals surface area contributed by atoms with Crippen molar-refractivity contribution in [2.45, 2.75) is 102 Å². The van der Waals surface area contributed by atoms with E-state index in [2.05, 4.69) is 70.3 Å². The zero-order valence-electron chi connectivity index (χ0n) is 21.8. The normalized spacial score (nSPS) is 28.7. The molecule has 196 valence electrons.